The first kappa shape index (κ1) is 13.9. The van der Waals surface area contributed by atoms with E-state index in [2.05, 4.69) is 15.5 Å². The van der Waals surface area contributed by atoms with Gasteiger partial charge in [-0.15, -0.1) is 5.10 Å². The van der Waals surface area contributed by atoms with Crippen LogP contribution >= 0.6 is 0 Å². The van der Waals surface area contributed by atoms with Crippen LogP contribution in [0.15, 0.2) is 18.2 Å². The van der Waals surface area contributed by atoms with E-state index in [0.29, 0.717) is 17.4 Å². The summed E-state index contributed by atoms with van der Waals surface area (Å²) in [6.07, 6.45) is 6.48. The second-order valence-corrected chi connectivity index (χ2v) is 5.62. The highest BCUT2D eigenvalue weighted by Gasteiger charge is 2.20. The van der Waals surface area contributed by atoms with E-state index in [1.807, 2.05) is 22.9 Å². The van der Waals surface area contributed by atoms with Crippen molar-refractivity contribution < 1.29 is 4.74 Å². The second-order valence-electron chi connectivity index (χ2n) is 5.62. The first-order chi connectivity index (χ1) is 10.3. The van der Waals surface area contributed by atoms with Crippen LogP contribution in [0.1, 0.15) is 32.1 Å². The fraction of sp³-hybridized carbons (Fsp3) is 0.533. The van der Waals surface area contributed by atoms with Crippen molar-refractivity contribution in [2.75, 3.05) is 12.8 Å². The molecule has 1 aliphatic carbocycles. The summed E-state index contributed by atoms with van der Waals surface area (Å²) in [7, 11) is 1.62. The number of anilines is 1. The SMILES string of the molecule is COc1c(N)cccc1-c1nnnn1CC1CCCCC1. The third-order valence-corrected chi connectivity index (χ3v) is 4.18. The summed E-state index contributed by atoms with van der Waals surface area (Å²) in [5, 5.41) is 12.2. The van der Waals surface area contributed by atoms with Crippen molar-refractivity contribution in [3.63, 3.8) is 0 Å². The summed E-state index contributed by atoms with van der Waals surface area (Å²) in [6, 6.07) is 5.66. The van der Waals surface area contributed by atoms with Crippen LogP contribution < -0.4 is 10.5 Å². The number of hydrogen-bond acceptors (Lipinski definition) is 5. The maximum Gasteiger partial charge on any atom is 0.185 e. The van der Waals surface area contributed by atoms with Crippen molar-refractivity contribution in [1.82, 2.24) is 20.2 Å². The van der Waals surface area contributed by atoms with E-state index in [0.717, 1.165) is 17.9 Å². The van der Waals surface area contributed by atoms with Crippen molar-refractivity contribution in [1.29, 1.82) is 0 Å². The summed E-state index contributed by atoms with van der Waals surface area (Å²) < 4.78 is 7.29. The third-order valence-electron chi connectivity index (χ3n) is 4.18. The molecule has 0 spiro atoms. The highest BCUT2D eigenvalue weighted by atomic mass is 16.5. The minimum atomic E-state index is 0.599. The Kier molecular flexibility index (Phi) is 4.03. The van der Waals surface area contributed by atoms with Gasteiger partial charge >= 0.3 is 0 Å². The Morgan fingerprint density at radius 1 is 1.29 bits per heavy atom. The lowest BCUT2D eigenvalue weighted by Crippen LogP contribution is -2.16. The van der Waals surface area contributed by atoms with Gasteiger partial charge in [0.05, 0.1) is 18.4 Å². The van der Waals surface area contributed by atoms with E-state index >= 15 is 0 Å². The molecule has 1 aromatic heterocycles. The lowest BCUT2D eigenvalue weighted by atomic mass is 9.89. The van der Waals surface area contributed by atoms with Gasteiger partial charge in [0, 0.05) is 6.54 Å². The molecular weight excluding hydrogens is 266 g/mol. The lowest BCUT2D eigenvalue weighted by Gasteiger charge is -2.21. The number of nitrogens with zero attached hydrogens (tertiary/aromatic N) is 4. The predicted octanol–water partition coefficient (Wildman–Crippen LogP) is 2.51. The van der Waals surface area contributed by atoms with Crippen LogP contribution in [-0.2, 0) is 6.54 Å². The van der Waals surface area contributed by atoms with Crippen molar-refractivity contribution in [3.05, 3.63) is 18.2 Å². The number of aromatic nitrogens is 4. The molecule has 6 nitrogen and oxygen atoms in total. The molecule has 1 aliphatic rings. The number of nitrogens with two attached hydrogens (primary N) is 1. The number of nitrogen functional groups attached to an aromatic ring is 1. The molecule has 2 N–H and O–H groups in total. The fourth-order valence-electron chi connectivity index (χ4n) is 3.09. The van der Waals surface area contributed by atoms with Gasteiger partial charge in [0.15, 0.2) is 11.6 Å². The summed E-state index contributed by atoms with van der Waals surface area (Å²) in [6.45, 7) is 0.861. The highest BCUT2D eigenvalue weighted by molar-refractivity contribution is 5.73. The molecule has 1 heterocycles. The van der Waals surface area contributed by atoms with Gasteiger partial charge in [-0.3, -0.25) is 0 Å². The summed E-state index contributed by atoms with van der Waals surface area (Å²) in [4.78, 5) is 0. The average Bonchev–Trinajstić information content (AvgIpc) is 2.96. The molecule has 1 aromatic carbocycles. The molecule has 0 unspecified atom stereocenters. The maximum absolute atomic E-state index is 5.97. The quantitative estimate of drug-likeness (QED) is 0.874. The largest absolute Gasteiger partial charge is 0.494 e. The number of hydrogen-bond donors (Lipinski definition) is 1. The van der Waals surface area contributed by atoms with Crippen LogP contribution in [0.5, 0.6) is 5.75 Å². The molecule has 112 valence electrons. The monoisotopic (exact) mass is 287 g/mol. The van der Waals surface area contributed by atoms with Gasteiger partial charge < -0.3 is 10.5 Å². The molecular formula is C15H21N5O. The Morgan fingerprint density at radius 2 is 2.10 bits per heavy atom. The summed E-state index contributed by atoms with van der Waals surface area (Å²) in [5.41, 5.74) is 7.41. The van der Waals surface area contributed by atoms with Crippen molar-refractivity contribution in [2.24, 2.45) is 5.92 Å². The molecule has 1 saturated carbocycles. The Labute approximate surface area is 124 Å². The van der Waals surface area contributed by atoms with E-state index in [4.69, 9.17) is 10.5 Å². The van der Waals surface area contributed by atoms with Gasteiger partial charge in [-0.25, -0.2) is 4.68 Å². The molecule has 0 amide bonds. The maximum atomic E-state index is 5.97. The Balaban J connectivity index is 1.90. The van der Waals surface area contributed by atoms with Crippen molar-refractivity contribution in [2.45, 2.75) is 38.6 Å². The summed E-state index contributed by atoms with van der Waals surface area (Å²) >= 11 is 0. The van der Waals surface area contributed by atoms with E-state index in [9.17, 15) is 0 Å². The number of tetrazole rings is 1. The molecule has 0 atom stereocenters. The van der Waals surface area contributed by atoms with E-state index in [1.54, 1.807) is 7.11 Å². The number of methoxy groups -OCH3 is 1. The minimum Gasteiger partial charge on any atom is -0.494 e. The molecule has 0 saturated heterocycles. The van der Waals surface area contributed by atoms with Gasteiger partial charge in [0.25, 0.3) is 0 Å². The van der Waals surface area contributed by atoms with Crippen LogP contribution in [0.2, 0.25) is 0 Å². The molecule has 0 radical (unpaired) electrons. The standard InChI is InChI=1S/C15H21N5O/c1-21-14-12(8-5-9-13(14)16)15-17-18-19-20(15)10-11-6-3-2-4-7-11/h5,8-9,11H,2-4,6-7,10,16H2,1H3. The van der Waals surface area contributed by atoms with Crippen LogP contribution in [0, 0.1) is 5.92 Å². The Bertz CT molecular complexity index is 604. The first-order valence-corrected chi connectivity index (χ1v) is 7.48. The normalized spacial score (nSPS) is 16.0. The van der Waals surface area contributed by atoms with E-state index < -0.39 is 0 Å². The fourth-order valence-corrected chi connectivity index (χ4v) is 3.09. The smallest absolute Gasteiger partial charge is 0.185 e. The van der Waals surface area contributed by atoms with Gasteiger partial charge in [-0.05, 0) is 41.3 Å². The van der Waals surface area contributed by atoms with Crippen LogP contribution in [0.4, 0.5) is 5.69 Å². The lowest BCUT2D eigenvalue weighted by molar-refractivity contribution is 0.307. The number of ether oxygens (including phenoxy) is 1. The highest BCUT2D eigenvalue weighted by Crippen LogP contribution is 2.34. The number of para-hydroxylation sites is 1. The molecule has 0 bridgehead atoms. The zero-order valence-electron chi connectivity index (χ0n) is 12.3. The topological polar surface area (TPSA) is 78.8 Å². The Hall–Kier alpha value is -2.11. The predicted molar refractivity (Wildman–Crippen MR) is 80.8 cm³/mol. The molecule has 1 fully saturated rings. The summed E-state index contributed by atoms with van der Waals surface area (Å²) in [5.74, 6) is 2.02. The van der Waals surface area contributed by atoms with Crippen LogP contribution in [0.25, 0.3) is 11.4 Å². The zero-order valence-corrected chi connectivity index (χ0v) is 12.3. The van der Waals surface area contributed by atoms with Crippen LogP contribution in [0.3, 0.4) is 0 Å². The minimum absolute atomic E-state index is 0.599. The number of rotatable bonds is 4. The van der Waals surface area contributed by atoms with E-state index in [1.165, 1.54) is 32.1 Å². The van der Waals surface area contributed by atoms with E-state index in [-0.39, 0.29) is 0 Å². The van der Waals surface area contributed by atoms with Crippen molar-refractivity contribution >= 4 is 5.69 Å². The third kappa shape index (κ3) is 2.84. The molecule has 6 heteroatoms. The molecule has 21 heavy (non-hydrogen) atoms. The Morgan fingerprint density at radius 3 is 2.86 bits per heavy atom. The average molecular weight is 287 g/mol. The van der Waals surface area contributed by atoms with Crippen LogP contribution in [-0.4, -0.2) is 27.3 Å². The van der Waals surface area contributed by atoms with Crippen molar-refractivity contribution in [3.8, 4) is 17.1 Å². The van der Waals surface area contributed by atoms with Gasteiger partial charge in [-0.2, -0.15) is 0 Å². The van der Waals surface area contributed by atoms with Gasteiger partial charge in [0.1, 0.15) is 0 Å². The first-order valence-electron chi connectivity index (χ1n) is 7.48. The zero-order chi connectivity index (χ0) is 14.7. The molecule has 0 aliphatic heterocycles. The van der Waals surface area contributed by atoms with Gasteiger partial charge in [-0.1, -0.05) is 25.3 Å². The van der Waals surface area contributed by atoms with Gasteiger partial charge in [0.2, 0.25) is 0 Å². The number of benzene rings is 1. The molecule has 3 rings (SSSR count). The molecule has 2 aromatic rings. The second kappa shape index (κ2) is 6.11.